The number of ether oxygens (including phenoxy) is 1. The molecule has 0 saturated heterocycles. The molecule has 0 aliphatic heterocycles. The third-order valence-electron chi connectivity index (χ3n) is 1.83. The third-order valence-corrected chi connectivity index (χ3v) is 1.83. The summed E-state index contributed by atoms with van der Waals surface area (Å²) in [7, 11) is 1.97. The Morgan fingerprint density at radius 1 is 1.23 bits per heavy atom. The Morgan fingerprint density at radius 3 is 2.69 bits per heavy atom. The zero-order chi connectivity index (χ0) is 9.36. The predicted octanol–water partition coefficient (Wildman–Crippen LogP) is 2.31. The second kappa shape index (κ2) is 6.49. The average Bonchev–Trinajstić information content (AvgIpc) is 2.19. The highest BCUT2D eigenvalue weighted by atomic mass is 16.5. The van der Waals surface area contributed by atoms with Crippen LogP contribution in [0.4, 0.5) is 0 Å². The second-order valence-corrected chi connectivity index (χ2v) is 2.97. The second-order valence-electron chi connectivity index (χ2n) is 2.97. The molecule has 0 amide bonds. The Morgan fingerprint density at radius 2 is 2.00 bits per heavy atom. The molecule has 1 aromatic rings. The number of nitrogens with one attached hydrogen (secondary N) is 1. The van der Waals surface area contributed by atoms with Gasteiger partial charge < -0.3 is 10.1 Å². The lowest BCUT2D eigenvalue weighted by Gasteiger charge is -2.04. The number of unbranched alkanes of at least 4 members (excludes halogenated alkanes) is 1. The lowest BCUT2D eigenvalue weighted by atomic mass is 10.3. The van der Waals surface area contributed by atoms with Crippen molar-refractivity contribution in [1.82, 2.24) is 5.32 Å². The van der Waals surface area contributed by atoms with Gasteiger partial charge in [-0.25, -0.2) is 0 Å². The van der Waals surface area contributed by atoms with Gasteiger partial charge in [0, 0.05) is 1.43 Å². The highest BCUT2D eigenvalue weighted by Gasteiger charge is 1.90. The van der Waals surface area contributed by atoms with Gasteiger partial charge >= 0.3 is 0 Å². The molecule has 1 rings (SSSR count). The zero-order valence-electron chi connectivity index (χ0n) is 8.12. The Hall–Kier alpha value is -1.02. The van der Waals surface area contributed by atoms with Crippen LogP contribution in [0.2, 0.25) is 0 Å². The van der Waals surface area contributed by atoms with E-state index in [1.807, 2.05) is 37.4 Å². The van der Waals surface area contributed by atoms with Gasteiger partial charge in [-0.1, -0.05) is 18.2 Å². The van der Waals surface area contributed by atoms with Crippen molar-refractivity contribution in [2.75, 3.05) is 20.2 Å². The van der Waals surface area contributed by atoms with E-state index in [0.29, 0.717) is 0 Å². The van der Waals surface area contributed by atoms with E-state index < -0.39 is 0 Å². The summed E-state index contributed by atoms with van der Waals surface area (Å²) in [6.07, 6.45) is 2.28. The molecule has 0 radical (unpaired) electrons. The van der Waals surface area contributed by atoms with Crippen molar-refractivity contribution in [3.63, 3.8) is 0 Å². The molecule has 0 saturated carbocycles. The first kappa shape index (κ1) is 10.1. The van der Waals surface area contributed by atoms with E-state index in [-0.39, 0.29) is 1.43 Å². The summed E-state index contributed by atoms with van der Waals surface area (Å²) >= 11 is 0. The summed E-state index contributed by atoms with van der Waals surface area (Å²) < 4.78 is 5.52. The SMILES string of the molecule is CNCCCCOc1ccccc1.[HH]. The summed E-state index contributed by atoms with van der Waals surface area (Å²) in [5, 5.41) is 3.11. The van der Waals surface area contributed by atoms with Gasteiger partial charge in [-0.2, -0.15) is 0 Å². The number of hydrogen-bond donors (Lipinski definition) is 1. The van der Waals surface area contributed by atoms with E-state index in [0.717, 1.165) is 25.3 Å². The van der Waals surface area contributed by atoms with E-state index in [1.165, 1.54) is 6.42 Å². The first-order valence-corrected chi connectivity index (χ1v) is 4.76. The van der Waals surface area contributed by atoms with Gasteiger partial charge in [-0.05, 0) is 38.6 Å². The molecule has 74 valence electrons. The van der Waals surface area contributed by atoms with Crippen LogP contribution in [0.15, 0.2) is 30.3 Å². The monoisotopic (exact) mass is 181 g/mol. The maximum Gasteiger partial charge on any atom is 0.119 e. The molecule has 0 heterocycles. The van der Waals surface area contributed by atoms with Crippen molar-refractivity contribution < 1.29 is 6.16 Å². The molecule has 13 heavy (non-hydrogen) atoms. The molecule has 0 fully saturated rings. The molecule has 0 aromatic heterocycles. The number of rotatable bonds is 6. The van der Waals surface area contributed by atoms with Crippen molar-refractivity contribution >= 4 is 0 Å². The van der Waals surface area contributed by atoms with Gasteiger partial charge in [-0.15, -0.1) is 0 Å². The van der Waals surface area contributed by atoms with E-state index in [1.54, 1.807) is 0 Å². The fraction of sp³-hybridized carbons (Fsp3) is 0.455. The normalized spacial score (nSPS) is 9.92. The zero-order valence-corrected chi connectivity index (χ0v) is 8.12. The highest BCUT2D eigenvalue weighted by Crippen LogP contribution is 2.08. The third kappa shape index (κ3) is 4.53. The summed E-state index contributed by atoms with van der Waals surface area (Å²) in [5.74, 6) is 0.965. The predicted molar refractivity (Wildman–Crippen MR) is 57.2 cm³/mol. The summed E-state index contributed by atoms with van der Waals surface area (Å²) in [6, 6.07) is 9.94. The van der Waals surface area contributed by atoms with Crippen molar-refractivity contribution in [3.05, 3.63) is 30.3 Å². The van der Waals surface area contributed by atoms with E-state index in [9.17, 15) is 0 Å². The van der Waals surface area contributed by atoms with Crippen molar-refractivity contribution in [2.45, 2.75) is 12.8 Å². The highest BCUT2D eigenvalue weighted by molar-refractivity contribution is 5.20. The van der Waals surface area contributed by atoms with Crippen LogP contribution in [-0.2, 0) is 0 Å². The maximum absolute atomic E-state index is 5.52. The van der Waals surface area contributed by atoms with Gasteiger partial charge in [0.2, 0.25) is 0 Å². The lowest BCUT2D eigenvalue weighted by Crippen LogP contribution is -2.09. The minimum absolute atomic E-state index is 0. The van der Waals surface area contributed by atoms with Crippen LogP contribution >= 0.6 is 0 Å². The number of benzene rings is 1. The molecule has 1 N–H and O–H groups in total. The lowest BCUT2D eigenvalue weighted by molar-refractivity contribution is 0.306. The molecule has 0 aliphatic rings. The fourth-order valence-electron chi connectivity index (χ4n) is 1.11. The largest absolute Gasteiger partial charge is 0.494 e. The standard InChI is InChI=1S/C11H17NO.H2/c1-12-9-5-6-10-13-11-7-3-2-4-8-11;/h2-4,7-8,12H,5-6,9-10H2,1H3;1H. The van der Waals surface area contributed by atoms with Gasteiger partial charge in [0.1, 0.15) is 5.75 Å². The molecule has 0 unspecified atom stereocenters. The Labute approximate surface area is 81.4 Å². The van der Waals surface area contributed by atoms with Crippen LogP contribution in [0.3, 0.4) is 0 Å². The summed E-state index contributed by atoms with van der Waals surface area (Å²) in [5.41, 5.74) is 0. The number of hydrogen-bond acceptors (Lipinski definition) is 2. The van der Waals surface area contributed by atoms with Crippen LogP contribution in [-0.4, -0.2) is 20.2 Å². The summed E-state index contributed by atoms with van der Waals surface area (Å²) in [6.45, 7) is 1.88. The van der Waals surface area contributed by atoms with Gasteiger partial charge in [0.15, 0.2) is 0 Å². The molecule has 0 bridgehead atoms. The van der Waals surface area contributed by atoms with Crippen LogP contribution in [0.5, 0.6) is 5.75 Å². The van der Waals surface area contributed by atoms with Gasteiger partial charge in [0.05, 0.1) is 6.61 Å². The van der Waals surface area contributed by atoms with Crippen molar-refractivity contribution in [1.29, 1.82) is 0 Å². The van der Waals surface area contributed by atoms with Crippen LogP contribution in [0.25, 0.3) is 0 Å². The number of para-hydroxylation sites is 1. The minimum atomic E-state index is 0. The quantitative estimate of drug-likeness (QED) is 0.680. The Balaban J connectivity index is 0.00000169. The van der Waals surface area contributed by atoms with E-state index >= 15 is 0 Å². The van der Waals surface area contributed by atoms with Gasteiger partial charge in [-0.3, -0.25) is 0 Å². The molecule has 2 nitrogen and oxygen atoms in total. The molecular weight excluding hydrogens is 162 g/mol. The van der Waals surface area contributed by atoms with Crippen LogP contribution in [0.1, 0.15) is 14.3 Å². The average molecular weight is 181 g/mol. The molecule has 0 aliphatic carbocycles. The van der Waals surface area contributed by atoms with Crippen molar-refractivity contribution in [3.8, 4) is 5.75 Å². The molecular formula is C11H19NO. The molecule has 0 spiro atoms. The first-order chi connectivity index (χ1) is 6.43. The molecule has 1 aromatic carbocycles. The minimum Gasteiger partial charge on any atom is -0.494 e. The van der Waals surface area contributed by atoms with Crippen LogP contribution in [0, 0.1) is 0 Å². The summed E-state index contributed by atoms with van der Waals surface area (Å²) in [4.78, 5) is 0. The topological polar surface area (TPSA) is 21.3 Å². The van der Waals surface area contributed by atoms with E-state index in [4.69, 9.17) is 4.74 Å². The van der Waals surface area contributed by atoms with Gasteiger partial charge in [0.25, 0.3) is 0 Å². The first-order valence-electron chi connectivity index (χ1n) is 4.76. The van der Waals surface area contributed by atoms with Crippen molar-refractivity contribution in [2.24, 2.45) is 0 Å². The molecule has 2 heteroatoms. The van der Waals surface area contributed by atoms with E-state index in [2.05, 4.69) is 5.32 Å². The maximum atomic E-state index is 5.52. The molecule has 0 atom stereocenters. The van der Waals surface area contributed by atoms with Crippen LogP contribution < -0.4 is 10.1 Å². The Bertz CT molecular complexity index is 216. The smallest absolute Gasteiger partial charge is 0.119 e. The fourth-order valence-corrected chi connectivity index (χ4v) is 1.11. The Kier molecular flexibility index (Phi) is 5.02.